The highest BCUT2D eigenvalue weighted by Gasteiger charge is 2.25. The average molecular weight is 440 g/mol. The fourth-order valence-corrected chi connectivity index (χ4v) is 4.67. The number of hydrogen-bond donors (Lipinski definition) is 2. The predicted octanol–water partition coefficient (Wildman–Crippen LogP) is 4.51. The number of aromatic nitrogens is 3. The van der Waals surface area contributed by atoms with Crippen molar-refractivity contribution in [3.63, 3.8) is 0 Å². The molecule has 6 nitrogen and oxygen atoms in total. The molecule has 4 aromatic rings. The predicted molar refractivity (Wildman–Crippen MR) is 132 cm³/mol. The van der Waals surface area contributed by atoms with Crippen LogP contribution in [0.5, 0.6) is 0 Å². The summed E-state index contributed by atoms with van der Waals surface area (Å²) in [4.78, 5) is 18.2. The molecule has 2 aromatic heterocycles. The van der Waals surface area contributed by atoms with Crippen molar-refractivity contribution in [2.24, 2.45) is 5.92 Å². The van der Waals surface area contributed by atoms with Crippen LogP contribution in [0.2, 0.25) is 0 Å². The van der Waals surface area contributed by atoms with Gasteiger partial charge in [-0.15, -0.1) is 10.2 Å². The molecule has 1 amide bonds. The van der Waals surface area contributed by atoms with E-state index >= 15 is 0 Å². The fourth-order valence-electron chi connectivity index (χ4n) is 4.67. The van der Waals surface area contributed by atoms with Crippen LogP contribution in [-0.2, 0) is 11.2 Å². The molecule has 168 valence electrons. The number of amides is 1. The molecule has 0 radical (unpaired) electrons. The Morgan fingerprint density at radius 1 is 1.03 bits per heavy atom. The minimum absolute atomic E-state index is 0.0587. The third-order valence-corrected chi connectivity index (χ3v) is 6.63. The number of aromatic amines is 1. The van der Waals surface area contributed by atoms with Gasteiger partial charge in [0.1, 0.15) is 0 Å². The second-order valence-electron chi connectivity index (χ2n) is 8.75. The summed E-state index contributed by atoms with van der Waals surface area (Å²) in [6.07, 6.45) is 4.54. The maximum atomic E-state index is 12.7. The Labute approximate surface area is 194 Å². The van der Waals surface area contributed by atoms with E-state index in [1.165, 1.54) is 16.5 Å². The molecule has 0 spiro atoms. The van der Waals surface area contributed by atoms with E-state index in [0.717, 1.165) is 54.9 Å². The van der Waals surface area contributed by atoms with Crippen molar-refractivity contribution >= 4 is 22.6 Å². The number of nitrogens with one attached hydrogen (secondary N) is 2. The van der Waals surface area contributed by atoms with Crippen LogP contribution in [0.15, 0.2) is 66.9 Å². The van der Waals surface area contributed by atoms with Gasteiger partial charge in [0, 0.05) is 48.2 Å². The molecule has 2 aromatic carbocycles. The Hall–Kier alpha value is -3.67. The van der Waals surface area contributed by atoms with Crippen LogP contribution in [0.4, 0.5) is 5.82 Å². The summed E-state index contributed by atoms with van der Waals surface area (Å²) in [5.41, 5.74) is 5.58. The summed E-state index contributed by atoms with van der Waals surface area (Å²) in [5.74, 6) is 1.10. The largest absolute Gasteiger partial charge is 0.361 e. The number of carbonyl (C=O) groups excluding carboxylic acids is 1. The van der Waals surface area contributed by atoms with E-state index in [2.05, 4.69) is 56.6 Å². The molecule has 0 aliphatic carbocycles. The van der Waals surface area contributed by atoms with Gasteiger partial charge in [0.2, 0.25) is 5.91 Å². The Balaban J connectivity index is 1.11. The molecule has 3 heterocycles. The molecule has 6 heteroatoms. The lowest BCUT2D eigenvalue weighted by Gasteiger charge is -2.31. The SMILES string of the molecule is Cc1ccccc1-c1ccc(N2CCC(C(=O)NCCc3c[nH]c4ccccc34)CC2)nn1. The zero-order valence-corrected chi connectivity index (χ0v) is 18.9. The van der Waals surface area contributed by atoms with E-state index < -0.39 is 0 Å². The summed E-state index contributed by atoms with van der Waals surface area (Å²) in [5, 5.41) is 13.3. The number of hydrogen-bond acceptors (Lipinski definition) is 4. The number of anilines is 1. The van der Waals surface area contributed by atoms with Crippen molar-refractivity contribution < 1.29 is 4.79 Å². The lowest BCUT2D eigenvalue weighted by Crippen LogP contribution is -2.41. The number of H-pyrrole nitrogens is 1. The first-order chi connectivity index (χ1) is 16.2. The number of aryl methyl sites for hydroxylation is 1. The Kier molecular flexibility index (Phi) is 6.07. The van der Waals surface area contributed by atoms with Crippen molar-refractivity contribution in [2.75, 3.05) is 24.5 Å². The van der Waals surface area contributed by atoms with Crippen LogP contribution in [-0.4, -0.2) is 40.7 Å². The van der Waals surface area contributed by atoms with Crippen molar-refractivity contribution in [1.29, 1.82) is 0 Å². The monoisotopic (exact) mass is 439 g/mol. The normalized spacial score (nSPS) is 14.5. The van der Waals surface area contributed by atoms with Crippen LogP contribution in [0.1, 0.15) is 24.0 Å². The summed E-state index contributed by atoms with van der Waals surface area (Å²) in [6, 6.07) is 20.6. The standard InChI is InChI=1S/C27H29N5O/c1-19-6-2-3-7-22(19)25-10-11-26(31-30-25)32-16-13-20(14-17-32)27(33)28-15-12-21-18-29-24-9-5-4-8-23(21)24/h2-11,18,20,29H,12-17H2,1H3,(H,28,33). The molecule has 5 rings (SSSR count). The molecule has 1 saturated heterocycles. The van der Waals surface area contributed by atoms with E-state index in [-0.39, 0.29) is 11.8 Å². The first kappa shape index (κ1) is 21.2. The minimum Gasteiger partial charge on any atom is -0.361 e. The number of para-hydroxylation sites is 1. The molecule has 1 aliphatic heterocycles. The van der Waals surface area contributed by atoms with Crippen LogP contribution in [0.3, 0.4) is 0 Å². The molecule has 0 bridgehead atoms. The van der Waals surface area contributed by atoms with Crippen LogP contribution in [0.25, 0.3) is 22.2 Å². The van der Waals surface area contributed by atoms with E-state index in [1.54, 1.807) is 0 Å². The highest BCUT2D eigenvalue weighted by molar-refractivity contribution is 5.83. The third kappa shape index (κ3) is 4.60. The number of piperidine rings is 1. The molecule has 0 saturated carbocycles. The highest BCUT2D eigenvalue weighted by Crippen LogP contribution is 2.25. The molecule has 0 atom stereocenters. The second kappa shape index (κ2) is 9.45. The van der Waals surface area contributed by atoms with Crippen molar-refractivity contribution in [3.8, 4) is 11.3 Å². The molecular formula is C27H29N5O. The van der Waals surface area contributed by atoms with E-state index in [1.807, 2.05) is 42.6 Å². The quantitative estimate of drug-likeness (QED) is 0.464. The molecule has 0 unspecified atom stereocenters. The van der Waals surface area contributed by atoms with Crippen molar-refractivity contribution in [2.45, 2.75) is 26.2 Å². The smallest absolute Gasteiger partial charge is 0.223 e. The Bertz CT molecular complexity index is 1240. The first-order valence-electron chi connectivity index (χ1n) is 11.7. The zero-order valence-electron chi connectivity index (χ0n) is 18.9. The van der Waals surface area contributed by atoms with Crippen LogP contribution < -0.4 is 10.2 Å². The maximum absolute atomic E-state index is 12.7. The van der Waals surface area contributed by atoms with E-state index in [9.17, 15) is 4.79 Å². The third-order valence-electron chi connectivity index (χ3n) is 6.63. The Morgan fingerprint density at radius 2 is 1.82 bits per heavy atom. The van der Waals surface area contributed by atoms with Crippen molar-refractivity contribution in [1.82, 2.24) is 20.5 Å². The maximum Gasteiger partial charge on any atom is 0.223 e. The van der Waals surface area contributed by atoms with Gasteiger partial charge >= 0.3 is 0 Å². The lowest BCUT2D eigenvalue weighted by atomic mass is 9.96. The number of fused-ring (bicyclic) bond motifs is 1. The van der Waals surface area contributed by atoms with Gasteiger partial charge in [-0.1, -0.05) is 42.5 Å². The van der Waals surface area contributed by atoms with E-state index in [0.29, 0.717) is 6.54 Å². The average Bonchev–Trinajstić information content (AvgIpc) is 3.28. The van der Waals surface area contributed by atoms with Gasteiger partial charge in [0.15, 0.2) is 5.82 Å². The second-order valence-corrected chi connectivity index (χ2v) is 8.75. The minimum atomic E-state index is 0.0587. The molecule has 2 N–H and O–H groups in total. The molecular weight excluding hydrogens is 410 g/mol. The summed E-state index contributed by atoms with van der Waals surface area (Å²) < 4.78 is 0. The van der Waals surface area contributed by atoms with Gasteiger partial charge in [0.05, 0.1) is 5.69 Å². The number of nitrogens with zero attached hydrogens (tertiary/aromatic N) is 3. The fraction of sp³-hybridized carbons (Fsp3) is 0.296. The van der Waals surface area contributed by atoms with E-state index in [4.69, 9.17) is 0 Å². The van der Waals surface area contributed by atoms with Gasteiger partial charge in [-0.2, -0.15) is 0 Å². The number of carbonyl (C=O) groups is 1. The van der Waals surface area contributed by atoms with Gasteiger partial charge < -0.3 is 15.2 Å². The van der Waals surface area contributed by atoms with Crippen LogP contribution >= 0.6 is 0 Å². The number of benzene rings is 2. The van der Waals surface area contributed by atoms with Crippen molar-refractivity contribution in [3.05, 3.63) is 78.0 Å². The zero-order chi connectivity index (χ0) is 22.6. The van der Waals surface area contributed by atoms with Gasteiger partial charge in [-0.25, -0.2) is 0 Å². The topological polar surface area (TPSA) is 73.9 Å². The molecule has 1 aliphatic rings. The summed E-state index contributed by atoms with van der Waals surface area (Å²) >= 11 is 0. The van der Waals surface area contributed by atoms with Crippen LogP contribution in [0, 0.1) is 12.8 Å². The lowest BCUT2D eigenvalue weighted by molar-refractivity contribution is -0.125. The molecule has 1 fully saturated rings. The highest BCUT2D eigenvalue weighted by atomic mass is 16.1. The van der Waals surface area contributed by atoms with Gasteiger partial charge in [0.25, 0.3) is 0 Å². The number of rotatable bonds is 6. The summed E-state index contributed by atoms with van der Waals surface area (Å²) in [7, 11) is 0. The summed E-state index contributed by atoms with van der Waals surface area (Å²) in [6.45, 7) is 4.38. The Morgan fingerprint density at radius 3 is 2.61 bits per heavy atom. The first-order valence-corrected chi connectivity index (χ1v) is 11.7. The van der Waals surface area contributed by atoms with Gasteiger partial charge in [-0.3, -0.25) is 4.79 Å². The van der Waals surface area contributed by atoms with Gasteiger partial charge in [-0.05, 0) is 55.5 Å². The molecule has 33 heavy (non-hydrogen) atoms.